The number of hydrogen-bond acceptors (Lipinski definition) is 6. The summed E-state index contributed by atoms with van der Waals surface area (Å²) < 4.78 is 68.4. The van der Waals surface area contributed by atoms with E-state index < -0.39 is 27.3 Å². The summed E-state index contributed by atoms with van der Waals surface area (Å²) in [5, 5.41) is 0. The maximum absolute atomic E-state index is 12.4. The fraction of sp³-hybridized carbons (Fsp3) is 0.300. The molecule has 0 fully saturated rings. The number of carbonyl (C=O) groups is 1. The zero-order valence-electron chi connectivity index (χ0n) is 10.4. The normalized spacial score (nSPS) is 15.1. The lowest BCUT2D eigenvalue weighted by atomic mass is 10.0. The molecule has 2 rings (SSSR count). The second kappa shape index (κ2) is 5.07. The lowest BCUT2D eigenvalue weighted by molar-refractivity contribution is -0.0500. The number of ether oxygens (including phenoxy) is 1. The Morgan fingerprint density at radius 1 is 1.29 bits per heavy atom. The van der Waals surface area contributed by atoms with Gasteiger partial charge < -0.3 is 8.92 Å². The Labute approximate surface area is 117 Å². The average Bonchev–Trinajstić information content (AvgIpc) is 2.37. The molecule has 0 aromatic heterocycles. The highest BCUT2D eigenvalue weighted by Gasteiger charge is 2.49. The van der Waals surface area contributed by atoms with Crippen LogP contribution in [0.25, 0.3) is 0 Å². The first-order valence-corrected chi connectivity index (χ1v) is 6.82. The Kier molecular flexibility index (Phi) is 3.72. The third-order valence-electron chi connectivity index (χ3n) is 2.61. The molecule has 0 unspecified atom stereocenters. The Hall–Kier alpha value is -2.01. The quantitative estimate of drug-likeness (QED) is 0.626. The molecule has 1 aromatic carbocycles. The number of amides is 1. The monoisotopic (exact) mass is 326 g/mol. The van der Waals surface area contributed by atoms with E-state index in [1.807, 2.05) is 0 Å². The van der Waals surface area contributed by atoms with Crippen molar-refractivity contribution in [3.8, 4) is 11.5 Å². The Balaban J connectivity index is 2.60. The second-order valence-corrected chi connectivity index (χ2v) is 5.46. The van der Waals surface area contributed by atoms with Gasteiger partial charge in [-0.2, -0.15) is 21.6 Å². The summed E-state index contributed by atoms with van der Waals surface area (Å²) in [7, 11) is -4.82. The highest BCUT2D eigenvalue weighted by Crippen LogP contribution is 2.38. The predicted molar refractivity (Wildman–Crippen MR) is 62.9 cm³/mol. The zero-order chi connectivity index (χ0) is 15.8. The van der Waals surface area contributed by atoms with E-state index in [4.69, 9.17) is 4.74 Å². The summed E-state index contributed by atoms with van der Waals surface area (Å²) in [5.74, 6) is -1.94. The van der Waals surface area contributed by atoms with Gasteiger partial charge in [-0.3, -0.25) is 10.2 Å². The fourth-order valence-electron chi connectivity index (χ4n) is 1.68. The molecule has 1 amide bonds. The summed E-state index contributed by atoms with van der Waals surface area (Å²) >= 11 is 0. The van der Waals surface area contributed by atoms with Crippen LogP contribution in [0.15, 0.2) is 12.1 Å². The van der Waals surface area contributed by atoms with Crippen molar-refractivity contribution in [2.24, 2.45) is 0 Å². The number of rotatable bonds is 3. The standard InChI is InChI=1S/C10H9F3N2O5S/c1-19-6-3-2-5-4-14-15-9(16)7(5)8(6)20-21(17,18)10(11,12)13/h2-3,14H,4H2,1H3,(H,15,16). The number of methoxy groups -OCH3 is 1. The molecule has 0 spiro atoms. The molecule has 0 radical (unpaired) electrons. The number of benzene rings is 1. The lowest BCUT2D eigenvalue weighted by Crippen LogP contribution is -2.42. The van der Waals surface area contributed by atoms with Crippen molar-refractivity contribution in [1.29, 1.82) is 0 Å². The third kappa shape index (κ3) is 2.74. The van der Waals surface area contributed by atoms with E-state index in [0.29, 0.717) is 0 Å². The van der Waals surface area contributed by atoms with Gasteiger partial charge in [0.25, 0.3) is 5.91 Å². The van der Waals surface area contributed by atoms with E-state index in [1.54, 1.807) is 0 Å². The first-order chi connectivity index (χ1) is 9.67. The molecule has 0 saturated heterocycles. The Morgan fingerprint density at radius 3 is 2.52 bits per heavy atom. The second-order valence-electron chi connectivity index (χ2n) is 3.92. The molecule has 116 valence electrons. The lowest BCUT2D eigenvalue weighted by Gasteiger charge is -2.22. The van der Waals surface area contributed by atoms with Gasteiger partial charge in [0.05, 0.1) is 12.7 Å². The summed E-state index contributed by atoms with van der Waals surface area (Å²) in [5.41, 5.74) is -1.05. The molecule has 0 atom stereocenters. The van der Waals surface area contributed by atoms with Gasteiger partial charge in [0, 0.05) is 6.54 Å². The van der Waals surface area contributed by atoms with E-state index in [-0.39, 0.29) is 23.4 Å². The Bertz CT molecular complexity index is 687. The van der Waals surface area contributed by atoms with Crippen LogP contribution in [-0.4, -0.2) is 26.9 Å². The van der Waals surface area contributed by atoms with Gasteiger partial charge in [-0.1, -0.05) is 6.07 Å². The van der Waals surface area contributed by atoms with E-state index in [2.05, 4.69) is 15.0 Å². The molecule has 0 bridgehead atoms. The van der Waals surface area contributed by atoms with Crippen LogP contribution in [0.3, 0.4) is 0 Å². The van der Waals surface area contributed by atoms with Gasteiger partial charge in [0.2, 0.25) is 0 Å². The molecule has 0 aliphatic carbocycles. The van der Waals surface area contributed by atoms with Crippen LogP contribution < -0.4 is 19.8 Å². The van der Waals surface area contributed by atoms with Crippen molar-refractivity contribution in [2.75, 3.05) is 7.11 Å². The van der Waals surface area contributed by atoms with Crippen molar-refractivity contribution in [2.45, 2.75) is 12.1 Å². The van der Waals surface area contributed by atoms with E-state index in [1.165, 1.54) is 12.1 Å². The maximum Gasteiger partial charge on any atom is 0.534 e. The van der Waals surface area contributed by atoms with Crippen molar-refractivity contribution < 1.29 is 35.3 Å². The summed E-state index contributed by atoms with van der Waals surface area (Å²) in [6.45, 7) is 0.0908. The number of alkyl halides is 3. The molecule has 2 N–H and O–H groups in total. The number of hydrogen-bond donors (Lipinski definition) is 2. The van der Waals surface area contributed by atoms with Gasteiger partial charge in [-0.15, -0.1) is 0 Å². The summed E-state index contributed by atoms with van der Waals surface area (Å²) in [6.07, 6.45) is 0. The third-order valence-corrected chi connectivity index (χ3v) is 3.57. The zero-order valence-corrected chi connectivity index (χ0v) is 11.3. The molecule has 7 nitrogen and oxygen atoms in total. The Morgan fingerprint density at radius 2 is 1.95 bits per heavy atom. The van der Waals surface area contributed by atoms with Crippen LogP contribution in [0.4, 0.5) is 13.2 Å². The average molecular weight is 326 g/mol. The molecular formula is C10H9F3N2O5S. The maximum atomic E-state index is 12.4. The van der Waals surface area contributed by atoms with E-state index in [0.717, 1.165) is 7.11 Å². The van der Waals surface area contributed by atoms with Gasteiger partial charge in [0.1, 0.15) is 0 Å². The number of halogens is 3. The highest BCUT2D eigenvalue weighted by atomic mass is 32.2. The molecule has 1 aliphatic heterocycles. The number of hydrazine groups is 1. The summed E-state index contributed by atoms with van der Waals surface area (Å²) in [6, 6.07) is 2.62. The molecule has 0 saturated carbocycles. The van der Waals surface area contributed by atoms with Gasteiger partial charge in [-0.25, -0.2) is 5.43 Å². The number of carbonyl (C=O) groups excluding carboxylic acids is 1. The molecule has 1 aromatic rings. The van der Waals surface area contributed by atoms with Crippen molar-refractivity contribution in [3.63, 3.8) is 0 Å². The van der Waals surface area contributed by atoms with Crippen LogP contribution in [0.1, 0.15) is 15.9 Å². The van der Waals surface area contributed by atoms with Crippen LogP contribution >= 0.6 is 0 Å². The molecule has 11 heteroatoms. The largest absolute Gasteiger partial charge is 0.534 e. The van der Waals surface area contributed by atoms with Crippen LogP contribution in [-0.2, 0) is 16.7 Å². The molecule has 1 heterocycles. The minimum absolute atomic E-state index is 0.0908. The van der Waals surface area contributed by atoms with E-state index >= 15 is 0 Å². The summed E-state index contributed by atoms with van der Waals surface area (Å²) in [4.78, 5) is 11.7. The molecule has 1 aliphatic rings. The van der Waals surface area contributed by atoms with E-state index in [9.17, 15) is 26.4 Å². The van der Waals surface area contributed by atoms with Gasteiger partial charge >= 0.3 is 15.6 Å². The first-order valence-electron chi connectivity index (χ1n) is 5.41. The van der Waals surface area contributed by atoms with Crippen molar-refractivity contribution in [1.82, 2.24) is 10.9 Å². The first kappa shape index (κ1) is 15.4. The molecular weight excluding hydrogens is 317 g/mol. The van der Waals surface area contributed by atoms with Gasteiger partial charge in [-0.05, 0) is 11.6 Å². The van der Waals surface area contributed by atoms with Crippen molar-refractivity contribution >= 4 is 16.0 Å². The fourth-order valence-corrected chi connectivity index (χ4v) is 2.16. The number of fused-ring (bicyclic) bond motifs is 1. The highest BCUT2D eigenvalue weighted by molar-refractivity contribution is 7.88. The minimum Gasteiger partial charge on any atom is -0.493 e. The van der Waals surface area contributed by atoms with Crippen LogP contribution in [0, 0.1) is 0 Å². The SMILES string of the molecule is COc1ccc2c(c1OS(=O)(=O)C(F)(F)F)C(=O)NNC2. The predicted octanol–water partition coefficient (Wildman–Crippen LogP) is 0.672. The van der Waals surface area contributed by atoms with Gasteiger partial charge in [0.15, 0.2) is 11.5 Å². The molecule has 21 heavy (non-hydrogen) atoms. The topological polar surface area (TPSA) is 93.7 Å². The minimum atomic E-state index is -5.92. The van der Waals surface area contributed by atoms with Crippen LogP contribution in [0.2, 0.25) is 0 Å². The van der Waals surface area contributed by atoms with Crippen LogP contribution in [0.5, 0.6) is 11.5 Å². The number of nitrogens with one attached hydrogen (secondary N) is 2. The van der Waals surface area contributed by atoms with Crippen molar-refractivity contribution in [3.05, 3.63) is 23.3 Å². The smallest absolute Gasteiger partial charge is 0.493 e.